The van der Waals surface area contributed by atoms with Gasteiger partial charge in [0.2, 0.25) is 23.6 Å². The molecule has 5 amide bonds. The van der Waals surface area contributed by atoms with E-state index in [1.807, 2.05) is 0 Å². The largest absolute Gasteiger partial charge is 0.325 e. The summed E-state index contributed by atoms with van der Waals surface area (Å²) in [5.41, 5.74) is 1.72. The molecule has 0 bridgehead atoms. The molecule has 310 valence electrons. The van der Waals surface area contributed by atoms with Gasteiger partial charge in [0.1, 0.15) is 17.3 Å². The highest BCUT2D eigenvalue weighted by molar-refractivity contribution is 6.31. The highest BCUT2D eigenvalue weighted by Gasteiger charge is 2.72. The molecule has 9 rings (SSSR count). The fraction of sp³-hybridized carbons (Fsp3) is 0.319. The van der Waals surface area contributed by atoms with Gasteiger partial charge < -0.3 is 15.5 Å². The molecule has 4 aromatic carbocycles. The molecular formula is C47H40Cl2FN5O6. The lowest BCUT2D eigenvalue weighted by atomic mass is 9.55. The fourth-order valence-corrected chi connectivity index (χ4v) is 10.7. The Bertz CT molecular complexity index is 2620. The average molecular weight is 861 g/mol. The van der Waals surface area contributed by atoms with Gasteiger partial charge in [0.05, 0.1) is 11.1 Å². The fourth-order valence-electron chi connectivity index (χ4n) is 10.4. The van der Waals surface area contributed by atoms with E-state index in [-0.39, 0.29) is 66.3 Å². The maximum absolute atomic E-state index is 16.2. The highest BCUT2D eigenvalue weighted by Crippen LogP contribution is 2.63. The molecular weight excluding hydrogens is 820 g/mol. The van der Waals surface area contributed by atoms with Crippen molar-refractivity contribution < 1.29 is 33.2 Å². The van der Waals surface area contributed by atoms with Crippen molar-refractivity contribution in [3.63, 3.8) is 0 Å². The first-order valence-corrected chi connectivity index (χ1v) is 21.2. The second kappa shape index (κ2) is 15.9. The number of hydrogen-bond acceptors (Lipinski definition) is 7. The van der Waals surface area contributed by atoms with E-state index in [1.165, 1.54) is 11.0 Å². The number of piperidine rings is 1. The molecule has 5 aliphatic rings. The van der Waals surface area contributed by atoms with Gasteiger partial charge in [-0.25, -0.2) is 4.39 Å². The van der Waals surface area contributed by atoms with Gasteiger partial charge in [-0.3, -0.25) is 39.4 Å². The molecule has 4 atom stereocenters. The summed E-state index contributed by atoms with van der Waals surface area (Å²) in [6.07, 6.45) is 4.54. The van der Waals surface area contributed by atoms with Gasteiger partial charge in [-0.05, 0) is 90.6 Å². The van der Waals surface area contributed by atoms with Crippen LogP contribution < -0.4 is 21.3 Å². The summed E-state index contributed by atoms with van der Waals surface area (Å²) in [6, 6.07) is 19.8. The molecule has 3 fully saturated rings. The lowest BCUT2D eigenvalue weighted by Gasteiger charge is -2.47. The summed E-state index contributed by atoms with van der Waals surface area (Å²) in [5, 5.41) is 12.3. The van der Waals surface area contributed by atoms with E-state index in [9.17, 15) is 28.8 Å². The van der Waals surface area contributed by atoms with Crippen molar-refractivity contribution in [3.05, 3.63) is 128 Å². The van der Waals surface area contributed by atoms with Crippen LogP contribution in [0.3, 0.4) is 0 Å². The number of rotatable bonds is 7. The highest BCUT2D eigenvalue weighted by atomic mass is 35.5. The van der Waals surface area contributed by atoms with Gasteiger partial charge in [-0.15, -0.1) is 0 Å². The molecule has 0 aromatic heterocycles. The second-order valence-corrected chi connectivity index (χ2v) is 17.2. The monoisotopic (exact) mass is 859 g/mol. The zero-order valence-corrected chi connectivity index (χ0v) is 34.4. The molecule has 61 heavy (non-hydrogen) atoms. The topological polar surface area (TPSA) is 154 Å². The average Bonchev–Trinajstić information content (AvgIpc) is 3.84. The minimum absolute atomic E-state index is 0.115. The third-order valence-electron chi connectivity index (χ3n) is 13.1. The van der Waals surface area contributed by atoms with Crippen molar-refractivity contribution in [2.24, 2.45) is 0 Å². The van der Waals surface area contributed by atoms with Gasteiger partial charge in [-0.1, -0.05) is 78.6 Å². The van der Waals surface area contributed by atoms with Gasteiger partial charge in [0.25, 0.3) is 5.91 Å². The molecule has 14 heteroatoms. The Morgan fingerprint density at radius 1 is 0.918 bits per heavy atom. The number of nitrogens with one attached hydrogen (secondary N) is 4. The number of carbonyl (C=O) groups excluding carboxylic acids is 6. The number of nitrogens with zero attached hydrogens (tertiary/aromatic N) is 1. The quantitative estimate of drug-likeness (QED) is 0.0872. The van der Waals surface area contributed by atoms with E-state index in [4.69, 9.17) is 23.2 Å². The van der Waals surface area contributed by atoms with Crippen LogP contribution in [0.2, 0.25) is 10.0 Å². The maximum Gasteiger partial charge on any atom is 0.255 e. The Labute approximate surface area is 361 Å². The van der Waals surface area contributed by atoms with E-state index < -0.39 is 46.6 Å². The van der Waals surface area contributed by atoms with Gasteiger partial charge in [-0.2, -0.15) is 0 Å². The number of ketones is 1. The zero-order chi connectivity index (χ0) is 42.6. The molecule has 1 unspecified atom stereocenters. The number of carbonyl (C=O) groups is 6. The molecule has 2 saturated heterocycles. The standard InChI is InChI=1S/C47H40Cl2FN5O6/c48-28-16-19-33-35(24-28)52-45(61)47(33)39(31-11-7-12-34(49)40(31)50)41(54-46(47)22-4-1-5-23-46)43(59)51-29-17-14-27(15-18-29)37(56)13-3-2-8-26-9-6-10-30-32(26)25-55(44(30)60)36-20-21-38(57)53-42(36)58/h6-7,9-12,14-19,24,36,39,41,54H,1,3-5,13,20-23,25H2,(H,51,59)(H,52,61)(H,53,57,58)/t36?,39-,41+,47+/m0/s1. The summed E-state index contributed by atoms with van der Waals surface area (Å²) in [5.74, 6) is 2.38. The Hall–Kier alpha value is -5.87. The molecule has 4 aromatic rings. The summed E-state index contributed by atoms with van der Waals surface area (Å²) >= 11 is 12.8. The van der Waals surface area contributed by atoms with Crippen LogP contribution in [0.15, 0.2) is 78.9 Å². The van der Waals surface area contributed by atoms with Crippen molar-refractivity contribution >= 4 is 69.9 Å². The second-order valence-electron chi connectivity index (χ2n) is 16.4. The number of Topliss-reactive ketones (excluding diaryl/α,β-unsaturated/α-hetero) is 1. The Kier molecular flexibility index (Phi) is 10.5. The number of amides is 5. The van der Waals surface area contributed by atoms with Gasteiger partial charge in [0.15, 0.2) is 5.78 Å². The minimum atomic E-state index is -1.37. The predicted octanol–water partition coefficient (Wildman–Crippen LogP) is 7.20. The molecule has 0 radical (unpaired) electrons. The molecule has 2 spiro atoms. The van der Waals surface area contributed by atoms with E-state index in [1.54, 1.807) is 72.8 Å². The summed E-state index contributed by atoms with van der Waals surface area (Å²) in [4.78, 5) is 81.2. The molecule has 4 heterocycles. The van der Waals surface area contributed by atoms with Crippen LogP contribution in [0, 0.1) is 17.7 Å². The first kappa shape index (κ1) is 40.5. The number of anilines is 2. The van der Waals surface area contributed by atoms with E-state index in [2.05, 4.69) is 33.1 Å². The summed E-state index contributed by atoms with van der Waals surface area (Å²) in [7, 11) is 0. The van der Waals surface area contributed by atoms with Crippen LogP contribution >= 0.6 is 23.2 Å². The van der Waals surface area contributed by atoms with E-state index >= 15 is 4.39 Å². The van der Waals surface area contributed by atoms with Crippen molar-refractivity contribution in [1.29, 1.82) is 0 Å². The maximum atomic E-state index is 16.2. The van der Waals surface area contributed by atoms with Crippen LogP contribution in [-0.2, 0) is 31.1 Å². The molecule has 4 N–H and O–H groups in total. The zero-order valence-electron chi connectivity index (χ0n) is 32.8. The predicted molar refractivity (Wildman–Crippen MR) is 227 cm³/mol. The van der Waals surface area contributed by atoms with Crippen molar-refractivity contribution in [2.75, 3.05) is 10.6 Å². The van der Waals surface area contributed by atoms with E-state index in [0.29, 0.717) is 57.1 Å². The number of halogens is 3. The lowest BCUT2D eigenvalue weighted by molar-refractivity contribution is -0.137. The van der Waals surface area contributed by atoms with Gasteiger partial charge >= 0.3 is 0 Å². The first-order chi connectivity index (χ1) is 29.4. The van der Waals surface area contributed by atoms with Crippen LogP contribution in [0.1, 0.15) is 107 Å². The lowest BCUT2D eigenvalue weighted by Crippen LogP contribution is -2.60. The van der Waals surface area contributed by atoms with Crippen LogP contribution in [0.5, 0.6) is 0 Å². The van der Waals surface area contributed by atoms with Crippen LogP contribution in [-0.4, -0.2) is 57.8 Å². The smallest absolute Gasteiger partial charge is 0.255 e. The van der Waals surface area contributed by atoms with E-state index in [0.717, 1.165) is 19.3 Å². The van der Waals surface area contributed by atoms with Crippen LogP contribution in [0.4, 0.5) is 15.8 Å². The number of fused-ring (bicyclic) bond motifs is 4. The van der Waals surface area contributed by atoms with Crippen LogP contribution in [0.25, 0.3) is 0 Å². The normalized spacial score (nSPS) is 23.6. The summed E-state index contributed by atoms with van der Waals surface area (Å²) < 4.78 is 16.2. The summed E-state index contributed by atoms with van der Waals surface area (Å²) in [6.45, 7) is 0.197. The molecule has 11 nitrogen and oxygen atoms in total. The minimum Gasteiger partial charge on any atom is -0.325 e. The van der Waals surface area contributed by atoms with Crippen molar-refractivity contribution in [3.8, 4) is 11.8 Å². The molecule has 1 saturated carbocycles. The van der Waals surface area contributed by atoms with Crippen molar-refractivity contribution in [2.45, 2.75) is 93.3 Å². The number of imide groups is 1. The Morgan fingerprint density at radius 3 is 2.46 bits per heavy atom. The van der Waals surface area contributed by atoms with Gasteiger partial charge in [0, 0.05) is 70.4 Å². The SMILES string of the molecule is O=C1CCC(N2Cc3c(C#CCCC(=O)c4ccc(NC(=O)[C@@H]5NC6(CCCCC6)[C@@]6(C(=O)Nc7cc(Cl)ccc76)[C@H]5c5cccc(Cl)c5F)cc4)cccc3C2=O)C(=O)N1. The Morgan fingerprint density at radius 2 is 1.69 bits per heavy atom. The third kappa shape index (κ3) is 6.80. The van der Waals surface area contributed by atoms with Crippen molar-refractivity contribution in [1.82, 2.24) is 15.5 Å². The number of benzene rings is 4. The third-order valence-corrected chi connectivity index (χ3v) is 13.6. The first-order valence-electron chi connectivity index (χ1n) is 20.4. The molecule has 1 aliphatic carbocycles. The molecule has 4 aliphatic heterocycles. The number of hydrogen-bond donors (Lipinski definition) is 4. The Balaban J connectivity index is 0.917.